The molecule has 4 aromatic carbocycles. The zero-order valence-electron chi connectivity index (χ0n) is 23.8. The SMILES string of the molecule is Cc1cccc(C)c1N1C(=O)CC(Sc2ccc(NC(=O)/C(=C/c3c(Cl)cccc3Cl)NC(=O)c3ccccc3)cc2)C1=O. The van der Waals surface area contributed by atoms with Gasteiger partial charge in [-0.3, -0.25) is 19.2 Å². The predicted molar refractivity (Wildman–Crippen MR) is 176 cm³/mol. The summed E-state index contributed by atoms with van der Waals surface area (Å²) in [4.78, 5) is 54.5. The van der Waals surface area contributed by atoms with Gasteiger partial charge < -0.3 is 10.6 Å². The number of hydrogen-bond acceptors (Lipinski definition) is 5. The van der Waals surface area contributed by atoms with Gasteiger partial charge in [0.25, 0.3) is 11.8 Å². The molecule has 10 heteroatoms. The van der Waals surface area contributed by atoms with Crippen LogP contribution in [-0.4, -0.2) is 28.9 Å². The van der Waals surface area contributed by atoms with E-state index in [0.717, 1.165) is 16.0 Å². The van der Waals surface area contributed by atoms with Gasteiger partial charge in [0.15, 0.2) is 0 Å². The molecule has 1 saturated heterocycles. The van der Waals surface area contributed by atoms with E-state index < -0.39 is 17.1 Å². The molecular formula is C34H27Cl2N3O4S. The van der Waals surface area contributed by atoms with Crippen molar-refractivity contribution in [1.29, 1.82) is 0 Å². The molecule has 0 bridgehead atoms. The average molecular weight is 645 g/mol. The third-order valence-electron chi connectivity index (χ3n) is 6.98. The third kappa shape index (κ3) is 6.89. The number of rotatable bonds is 8. The van der Waals surface area contributed by atoms with Crippen LogP contribution in [0.2, 0.25) is 10.0 Å². The molecule has 0 aromatic heterocycles. The zero-order chi connectivity index (χ0) is 31.4. The summed E-state index contributed by atoms with van der Waals surface area (Å²) < 4.78 is 0. The smallest absolute Gasteiger partial charge is 0.272 e. The average Bonchev–Trinajstić information content (AvgIpc) is 3.27. The summed E-state index contributed by atoms with van der Waals surface area (Å²) in [5, 5.41) is 5.52. The van der Waals surface area contributed by atoms with Crippen molar-refractivity contribution in [2.24, 2.45) is 0 Å². The van der Waals surface area contributed by atoms with Gasteiger partial charge in [-0.15, -0.1) is 11.8 Å². The minimum atomic E-state index is -0.591. The molecule has 2 N–H and O–H groups in total. The molecule has 1 heterocycles. The number of carbonyl (C=O) groups is 4. The van der Waals surface area contributed by atoms with Gasteiger partial charge in [0, 0.05) is 38.2 Å². The van der Waals surface area contributed by atoms with Crippen molar-refractivity contribution in [3.8, 4) is 0 Å². The molecule has 0 spiro atoms. The second kappa shape index (κ2) is 13.5. The van der Waals surface area contributed by atoms with Crippen LogP contribution in [-0.2, 0) is 14.4 Å². The van der Waals surface area contributed by atoms with Gasteiger partial charge in [-0.05, 0) is 79.6 Å². The molecule has 0 radical (unpaired) electrons. The van der Waals surface area contributed by atoms with Crippen LogP contribution in [0.5, 0.6) is 0 Å². The maximum absolute atomic E-state index is 13.4. The van der Waals surface area contributed by atoms with Gasteiger partial charge in [0.1, 0.15) is 5.70 Å². The van der Waals surface area contributed by atoms with Crippen LogP contribution in [0.25, 0.3) is 6.08 Å². The minimum Gasteiger partial charge on any atom is -0.321 e. The number of anilines is 2. The number of benzene rings is 4. The summed E-state index contributed by atoms with van der Waals surface area (Å²) in [7, 11) is 0. The Balaban J connectivity index is 1.31. The van der Waals surface area contributed by atoms with Crippen LogP contribution in [0.4, 0.5) is 11.4 Å². The number of nitrogens with zero attached hydrogens (tertiary/aromatic N) is 1. The lowest BCUT2D eigenvalue weighted by molar-refractivity contribution is -0.121. The second-order valence-electron chi connectivity index (χ2n) is 10.1. The lowest BCUT2D eigenvalue weighted by Gasteiger charge is -2.19. The summed E-state index contributed by atoms with van der Waals surface area (Å²) in [6.07, 6.45) is 1.52. The molecule has 5 rings (SSSR count). The lowest BCUT2D eigenvalue weighted by atomic mass is 10.1. The Morgan fingerprint density at radius 1 is 0.841 bits per heavy atom. The zero-order valence-corrected chi connectivity index (χ0v) is 26.1. The van der Waals surface area contributed by atoms with Crippen LogP contribution >= 0.6 is 35.0 Å². The van der Waals surface area contributed by atoms with E-state index in [-0.39, 0.29) is 23.9 Å². The van der Waals surface area contributed by atoms with E-state index in [9.17, 15) is 19.2 Å². The number of halogens is 2. The van der Waals surface area contributed by atoms with Crippen molar-refractivity contribution in [2.45, 2.75) is 30.4 Å². The first kappa shape index (κ1) is 31.1. The van der Waals surface area contributed by atoms with Crippen LogP contribution < -0.4 is 15.5 Å². The molecule has 1 aliphatic heterocycles. The monoisotopic (exact) mass is 643 g/mol. The number of aryl methyl sites for hydroxylation is 2. The van der Waals surface area contributed by atoms with Crippen LogP contribution in [0.3, 0.4) is 0 Å². The highest BCUT2D eigenvalue weighted by atomic mass is 35.5. The molecule has 222 valence electrons. The van der Waals surface area contributed by atoms with Crippen molar-refractivity contribution in [3.05, 3.63) is 129 Å². The molecule has 0 saturated carbocycles. The Morgan fingerprint density at radius 2 is 1.45 bits per heavy atom. The van der Waals surface area contributed by atoms with E-state index in [2.05, 4.69) is 10.6 Å². The topological polar surface area (TPSA) is 95.6 Å². The fourth-order valence-electron chi connectivity index (χ4n) is 4.80. The Morgan fingerprint density at radius 3 is 2.09 bits per heavy atom. The molecule has 44 heavy (non-hydrogen) atoms. The molecule has 7 nitrogen and oxygen atoms in total. The summed E-state index contributed by atoms with van der Waals surface area (Å²) in [5.74, 6) is -1.56. The van der Waals surface area contributed by atoms with Crippen molar-refractivity contribution in [1.82, 2.24) is 5.32 Å². The minimum absolute atomic E-state index is 0.0611. The van der Waals surface area contributed by atoms with Crippen molar-refractivity contribution in [3.63, 3.8) is 0 Å². The Labute approximate surface area is 269 Å². The van der Waals surface area contributed by atoms with E-state index >= 15 is 0 Å². The molecule has 0 aliphatic carbocycles. The van der Waals surface area contributed by atoms with Gasteiger partial charge >= 0.3 is 0 Å². The largest absolute Gasteiger partial charge is 0.321 e. The summed E-state index contributed by atoms with van der Waals surface area (Å²) in [6.45, 7) is 3.76. The second-order valence-corrected chi connectivity index (χ2v) is 12.2. The van der Waals surface area contributed by atoms with Gasteiger partial charge in [-0.2, -0.15) is 0 Å². The van der Waals surface area contributed by atoms with Crippen LogP contribution in [0, 0.1) is 13.8 Å². The first-order valence-corrected chi connectivity index (χ1v) is 15.3. The van der Waals surface area contributed by atoms with Gasteiger partial charge in [0.2, 0.25) is 11.8 Å². The van der Waals surface area contributed by atoms with E-state index in [1.54, 1.807) is 72.8 Å². The third-order valence-corrected chi connectivity index (χ3v) is 8.83. The standard InChI is InChI=1S/C34H27Cl2N3O4S/c1-20-8-6-9-21(2)31(20)39-30(40)19-29(34(39)43)44-24-16-14-23(15-17-24)37-33(42)28(18-25-26(35)12-7-13-27(25)36)38-32(41)22-10-4-3-5-11-22/h3-18,29H,19H2,1-2H3,(H,37,42)(H,38,41)/b28-18-. The van der Waals surface area contributed by atoms with Crippen molar-refractivity contribution < 1.29 is 19.2 Å². The lowest BCUT2D eigenvalue weighted by Crippen LogP contribution is -2.32. The van der Waals surface area contributed by atoms with Gasteiger partial charge in [0.05, 0.1) is 10.9 Å². The number of carbonyl (C=O) groups excluding carboxylic acids is 4. The fraction of sp³-hybridized carbons (Fsp3) is 0.118. The Hall–Kier alpha value is -4.37. The van der Waals surface area contributed by atoms with Crippen molar-refractivity contribution in [2.75, 3.05) is 10.2 Å². The van der Waals surface area contributed by atoms with Gasteiger partial charge in [-0.25, -0.2) is 4.90 Å². The molecular weight excluding hydrogens is 617 g/mol. The van der Waals surface area contributed by atoms with Crippen LogP contribution in [0.15, 0.2) is 102 Å². The molecule has 4 aromatic rings. The number of para-hydroxylation sites is 1. The molecule has 1 fully saturated rings. The number of thioether (sulfide) groups is 1. The maximum Gasteiger partial charge on any atom is 0.272 e. The van der Waals surface area contributed by atoms with Crippen molar-refractivity contribution >= 4 is 76.0 Å². The summed E-state index contributed by atoms with van der Waals surface area (Å²) >= 11 is 14.0. The highest BCUT2D eigenvalue weighted by Crippen LogP contribution is 2.37. The summed E-state index contributed by atoms with van der Waals surface area (Å²) in [6, 6.07) is 26.0. The summed E-state index contributed by atoms with van der Waals surface area (Å²) in [5.41, 5.74) is 3.51. The van der Waals surface area contributed by atoms with E-state index in [4.69, 9.17) is 23.2 Å². The Kier molecular flexibility index (Phi) is 9.54. The number of nitrogens with one attached hydrogen (secondary N) is 2. The Bertz CT molecular complexity index is 1750. The normalized spacial score (nSPS) is 15.0. The molecule has 1 unspecified atom stereocenters. The maximum atomic E-state index is 13.4. The highest BCUT2D eigenvalue weighted by Gasteiger charge is 2.41. The van der Waals surface area contributed by atoms with E-state index in [1.807, 2.05) is 32.0 Å². The number of imide groups is 1. The fourth-order valence-corrected chi connectivity index (χ4v) is 6.36. The van der Waals surface area contributed by atoms with E-state index in [0.29, 0.717) is 32.5 Å². The number of amides is 4. The van der Waals surface area contributed by atoms with E-state index in [1.165, 1.54) is 22.7 Å². The first-order valence-electron chi connectivity index (χ1n) is 13.7. The quantitative estimate of drug-likeness (QED) is 0.154. The highest BCUT2D eigenvalue weighted by molar-refractivity contribution is 8.00. The number of hydrogen-bond donors (Lipinski definition) is 2. The molecule has 1 aliphatic rings. The molecule has 4 amide bonds. The predicted octanol–water partition coefficient (Wildman–Crippen LogP) is 7.44. The van der Waals surface area contributed by atoms with Gasteiger partial charge in [-0.1, -0.05) is 65.7 Å². The first-order chi connectivity index (χ1) is 21.1. The van der Waals surface area contributed by atoms with Crippen LogP contribution in [0.1, 0.15) is 33.5 Å². The molecule has 1 atom stereocenters.